The number of nitrogens with one attached hydrogen (secondary N) is 1. The summed E-state index contributed by atoms with van der Waals surface area (Å²) >= 11 is 0. The van der Waals surface area contributed by atoms with Crippen molar-refractivity contribution < 1.29 is 4.79 Å². The fourth-order valence-electron chi connectivity index (χ4n) is 4.87. The van der Waals surface area contributed by atoms with E-state index in [9.17, 15) is 4.79 Å². The Morgan fingerprint density at radius 3 is 2.79 bits per heavy atom. The normalized spacial score (nSPS) is 26.5. The van der Waals surface area contributed by atoms with Crippen LogP contribution in [0.15, 0.2) is 54.9 Å². The molecule has 5 nitrogen and oxygen atoms in total. The molecule has 3 unspecified atom stereocenters. The molecule has 1 fully saturated rings. The van der Waals surface area contributed by atoms with Crippen molar-refractivity contribution in [2.24, 2.45) is 5.92 Å². The van der Waals surface area contributed by atoms with Crippen molar-refractivity contribution in [1.82, 2.24) is 14.8 Å². The van der Waals surface area contributed by atoms with Crippen LogP contribution in [0.2, 0.25) is 0 Å². The maximum Gasteiger partial charge on any atom is 0.256 e. The summed E-state index contributed by atoms with van der Waals surface area (Å²) in [6.45, 7) is 3.44. The fourth-order valence-corrected chi connectivity index (χ4v) is 4.87. The van der Waals surface area contributed by atoms with Gasteiger partial charge in [0.15, 0.2) is 0 Å². The first-order valence-electron chi connectivity index (χ1n) is 10.2. The number of hydrogen-bond acceptors (Lipinski definition) is 4. The Kier molecular flexibility index (Phi) is 4.40. The van der Waals surface area contributed by atoms with Gasteiger partial charge in [0.1, 0.15) is 0 Å². The number of fused-ring (bicyclic) bond motifs is 3. The predicted molar refractivity (Wildman–Crippen MR) is 110 cm³/mol. The Morgan fingerprint density at radius 1 is 1.14 bits per heavy atom. The van der Waals surface area contributed by atoms with Gasteiger partial charge in [-0.15, -0.1) is 0 Å². The molecule has 1 amide bonds. The van der Waals surface area contributed by atoms with Gasteiger partial charge in [0.2, 0.25) is 0 Å². The second-order valence-electron chi connectivity index (χ2n) is 8.13. The van der Waals surface area contributed by atoms with Gasteiger partial charge in [-0.05, 0) is 42.6 Å². The summed E-state index contributed by atoms with van der Waals surface area (Å²) in [7, 11) is 2.11. The zero-order chi connectivity index (χ0) is 19.1. The number of likely N-dealkylation sites (N-methyl/N-ethyl adjacent to an activating group) is 1. The van der Waals surface area contributed by atoms with Gasteiger partial charge in [-0.2, -0.15) is 0 Å². The van der Waals surface area contributed by atoms with Crippen molar-refractivity contribution in [3.05, 3.63) is 71.6 Å². The predicted octanol–water partition coefficient (Wildman–Crippen LogP) is 3.30. The molecule has 28 heavy (non-hydrogen) atoms. The summed E-state index contributed by atoms with van der Waals surface area (Å²) in [5, 5.41) is 3.74. The lowest BCUT2D eigenvalue weighted by Gasteiger charge is -2.39. The van der Waals surface area contributed by atoms with Gasteiger partial charge in [-0.1, -0.05) is 30.4 Å². The van der Waals surface area contributed by atoms with Crippen molar-refractivity contribution in [2.75, 3.05) is 38.5 Å². The third-order valence-electron chi connectivity index (χ3n) is 6.46. The number of hydrogen-bond donors (Lipinski definition) is 1. The number of piperazine rings is 1. The van der Waals surface area contributed by atoms with E-state index in [4.69, 9.17) is 0 Å². The molecule has 3 aliphatic rings. The molecule has 144 valence electrons. The van der Waals surface area contributed by atoms with Crippen LogP contribution in [0.1, 0.15) is 39.9 Å². The smallest absolute Gasteiger partial charge is 0.256 e. The molecule has 5 heteroatoms. The zero-order valence-electron chi connectivity index (χ0n) is 16.2. The summed E-state index contributed by atoms with van der Waals surface area (Å²) in [5.41, 5.74) is 4.25. The lowest BCUT2D eigenvalue weighted by atomic mass is 9.76. The number of anilines is 1. The van der Waals surface area contributed by atoms with Crippen molar-refractivity contribution in [3.8, 4) is 0 Å². The molecule has 1 aromatic carbocycles. The standard InChI is InChI=1S/C23H26N4O/c1-26-11-13-27(14-12-26)23(28)20-9-3-8-19-17-6-2-7-18(17)21(25-22(19)20)16-5-4-10-24-15-16/h2-6,8-10,15,17-18,21,25H,7,11-14H2,1H3. The largest absolute Gasteiger partial charge is 0.377 e. The van der Waals surface area contributed by atoms with Crippen LogP contribution in [0.3, 0.4) is 0 Å². The first kappa shape index (κ1) is 17.4. The maximum absolute atomic E-state index is 13.4. The minimum atomic E-state index is 0.141. The van der Waals surface area contributed by atoms with Gasteiger partial charge in [0.05, 0.1) is 17.3 Å². The van der Waals surface area contributed by atoms with Gasteiger partial charge >= 0.3 is 0 Å². The van der Waals surface area contributed by atoms with E-state index in [1.54, 1.807) is 0 Å². The van der Waals surface area contributed by atoms with Gasteiger partial charge in [0, 0.05) is 44.5 Å². The number of benzene rings is 1. The summed E-state index contributed by atoms with van der Waals surface area (Å²) in [4.78, 5) is 21.9. The second-order valence-corrected chi connectivity index (χ2v) is 8.13. The molecule has 0 saturated carbocycles. The highest BCUT2D eigenvalue weighted by molar-refractivity contribution is 6.01. The molecule has 2 aromatic rings. The van der Waals surface area contributed by atoms with Crippen LogP contribution in [-0.4, -0.2) is 53.9 Å². The van der Waals surface area contributed by atoms with Gasteiger partial charge in [-0.3, -0.25) is 9.78 Å². The van der Waals surface area contributed by atoms with Crippen molar-refractivity contribution in [3.63, 3.8) is 0 Å². The third-order valence-corrected chi connectivity index (χ3v) is 6.46. The van der Waals surface area contributed by atoms with Crippen LogP contribution in [0, 0.1) is 5.92 Å². The van der Waals surface area contributed by atoms with E-state index in [1.807, 2.05) is 35.5 Å². The van der Waals surface area contributed by atoms with Crippen LogP contribution in [-0.2, 0) is 0 Å². The molecule has 0 spiro atoms. The van der Waals surface area contributed by atoms with E-state index in [-0.39, 0.29) is 11.9 Å². The highest BCUT2D eigenvalue weighted by Crippen LogP contribution is 2.50. The van der Waals surface area contributed by atoms with E-state index >= 15 is 0 Å². The minimum Gasteiger partial charge on any atom is -0.377 e. The summed E-state index contributed by atoms with van der Waals surface area (Å²) in [5.74, 6) is 0.954. The number of para-hydroxylation sites is 1. The van der Waals surface area contributed by atoms with Crippen LogP contribution in [0.5, 0.6) is 0 Å². The van der Waals surface area contributed by atoms with E-state index in [0.717, 1.165) is 43.9 Å². The van der Waals surface area contributed by atoms with Crippen LogP contribution >= 0.6 is 0 Å². The number of amides is 1. The molecule has 1 aliphatic carbocycles. The molecule has 1 saturated heterocycles. The average Bonchev–Trinajstić information content (AvgIpc) is 3.24. The minimum absolute atomic E-state index is 0.141. The van der Waals surface area contributed by atoms with Gasteiger partial charge < -0.3 is 15.1 Å². The van der Waals surface area contributed by atoms with Crippen molar-refractivity contribution in [1.29, 1.82) is 0 Å². The van der Waals surface area contributed by atoms with Gasteiger partial charge in [0.25, 0.3) is 5.91 Å². The Morgan fingerprint density at radius 2 is 2.00 bits per heavy atom. The molecule has 1 N–H and O–H groups in total. The number of carbonyl (C=O) groups excluding carboxylic acids is 1. The molecule has 1 aromatic heterocycles. The third kappa shape index (κ3) is 2.90. The Hall–Kier alpha value is -2.66. The number of rotatable bonds is 2. The average molecular weight is 374 g/mol. The van der Waals surface area contributed by atoms with E-state index in [2.05, 4.69) is 46.5 Å². The molecule has 2 aliphatic heterocycles. The summed E-state index contributed by atoms with van der Waals surface area (Å²) in [6, 6.07) is 10.5. The Balaban J connectivity index is 1.53. The Labute approximate surface area is 166 Å². The molecule has 0 radical (unpaired) electrons. The highest BCUT2D eigenvalue weighted by atomic mass is 16.2. The highest BCUT2D eigenvalue weighted by Gasteiger charge is 2.39. The maximum atomic E-state index is 13.4. The SMILES string of the molecule is CN1CCN(C(=O)c2cccc3c2NC(c2cccnc2)C2CC=CC32)CC1. The lowest BCUT2D eigenvalue weighted by Crippen LogP contribution is -2.47. The number of carbonyl (C=O) groups is 1. The second kappa shape index (κ2) is 7.06. The molecule has 5 rings (SSSR count). The number of allylic oxidation sites excluding steroid dienone is 2. The molecular formula is C23H26N4O. The molecule has 3 atom stereocenters. The molecule has 3 heterocycles. The number of nitrogens with zero attached hydrogens (tertiary/aromatic N) is 3. The molecule has 0 bridgehead atoms. The van der Waals surface area contributed by atoms with Gasteiger partial charge in [-0.25, -0.2) is 0 Å². The first-order valence-corrected chi connectivity index (χ1v) is 10.2. The topological polar surface area (TPSA) is 48.5 Å². The number of aromatic nitrogens is 1. The summed E-state index contributed by atoms with van der Waals surface area (Å²) < 4.78 is 0. The van der Waals surface area contributed by atoms with Crippen LogP contribution < -0.4 is 5.32 Å². The van der Waals surface area contributed by atoms with Crippen LogP contribution in [0.4, 0.5) is 5.69 Å². The van der Waals surface area contributed by atoms with E-state index < -0.39 is 0 Å². The van der Waals surface area contributed by atoms with Crippen molar-refractivity contribution in [2.45, 2.75) is 18.4 Å². The zero-order valence-corrected chi connectivity index (χ0v) is 16.2. The van der Waals surface area contributed by atoms with E-state index in [1.165, 1.54) is 11.1 Å². The Bertz CT molecular complexity index is 902. The monoisotopic (exact) mass is 374 g/mol. The van der Waals surface area contributed by atoms with Crippen molar-refractivity contribution >= 4 is 11.6 Å². The van der Waals surface area contributed by atoms with Crippen LogP contribution in [0.25, 0.3) is 0 Å². The quantitative estimate of drug-likeness (QED) is 0.820. The number of pyridine rings is 1. The van der Waals surface area contributed by atoms with E-state index in [0.29, 0.717) is 11.8 Å². The first-order chi connectivity index (χ1) is 13.7. The lowest BCUT2D eigenvalue weighted by molar-refractivity contribution is 0.0664. The summed E-state index contributed by atoms with van der Waals surface area (Å²) in [6.07, 6.45) is 9.41. The fraction of sp³-hybridized carbons (Fsp3) is 0.391. The molecular weight excluding hydrogens is 348 g/mol.